The van der Waals surface area contributed by atoms with E-state index in [2.05, 4.69) is 15.4 Å². The first-order valence-electron chi connectivity index (χ1n) is 5.87. The van der Waals surface area contributed by atoms with Gasteiger partial charge in [0.25, 0.3) is 0 Å². The van der Waals surface area contributed by atoms with Crippen molar-refractivity contribution in [1.29, 1.82) is 0 Å². The second-order valence-corrected chi connectivity index (χ2v) is 3.98. The van der Waals surface area contributed by atoms with Gasteiger partial charge >= 0.3 is 5.97 Å². The van der Waals surface area contributed by atoms with E-state index in [1.54, 1.807) is 6.20 Å². The summed E-state index contributed by atoms with van der Waals surface area (Å²) in [5.74, 6) is -0.653. The van der Waals surface area contributed by atoms with Gasteiger partial charge < -0.3 is 16.2 Å². The molecule has 0 spiro atoms. The molecular weight excluding hydrogens is 246 g/mol. The first-order chi connectivity index (χ1) is 9.18. The number of nitrogens with one attached hydrogen (secondary N) is 1. The topological polar surface area (TPSA) is 106 Å². The average Bonchev–Trinajstić information content (AvgIpc) is 2.89. The van der Waals surface area contributed by atoms with Crippen molar-refractivity contribution in [1.82, 2.24) is 14.8 Å². The first kappa shape index (κ1) is 12.9. The van der Waals surface area contributed by atoms with E-state index in [4.69, 9.17) is 10.8 Å². The van der Waals surface area contributed by atoms with E-state index >= 15 is 0 Å². The van der Waals surface area contributed by atoms with Crippen LogP contribution in [-0.4, -0.2) is 32.4 Å². The third-order valence-electron chi connectivity index (χ3n) is 2.64. The van der Waals surface area contributed by atoms with Crippen LogP contribution in [-0.2, 0) is 6.54 Å². The lowest BCUT2D eigenvalue weighted by molar-refractivity contribution is 0.0698. The van der Waals surface area contributed by atoms with Crippen molar-refractivity contribution in [2.45, 2.75) is 13.0 Å². The number of hydrogen-bond acceptors (Lipinski definition) is 5. The highest BCUT2D eigenvalue weighted by Crippen LogP contribution is 2.19. The highest BCUT2D eigenvalue weighted by Gasteiger charge is 2.11. The lowest BCUT2D eigenvalue weighted by atomic mass is 10.2. The van der Waals surface area contributed by atoms with Gasteiger partial charge in [0.2, 0.25) is 0 Å². The Morgan fingerprint density at radius 3 is 3.00 bits per heavy atom. The van der Waals surface area contributed by atoms with Crippen molar-refractivity contribution < 1.29 is 9.90 Å². The van der Waals surface area contributed by atoms with Crippen molar-refractivity contribution in [2.24, 2.45) is 0 Å². The summed E-state index contributed by atoms with van der Waals surface area (Å²) in [5.41, 5.74) is 5.96. The molecule has 0 saturated carbocycles. The summed E-state index contributed by atoms with van der Waals surface area (Å²) in [5, 5.41) is 16.1. The molecular formula is C12H15N5O2. The minimum atomic E-state index is -1.06. The predicted molar refractivity (Wildman–Crippen MR) is 70.9 cm³/mol. The van der Waals surface area contributed by atoms with Gasteiger partial charge in [-0.3, -0.25) is 4.68 Å². The number of carboxylic acids is 1. The Balaban J connectivity index is 1.89. The normalized spacial score (nSPS) is 10.3. The van der Waals surface area contributed by atoms with Gasteiger partial charge in [-0.1, -0.05) is 0 Å². The molecule has 2 heterocycles. The Bertz CT molecular complexity index is 553. The number of rotatable bonds is 6. The van der Waals surface area contributed by atoms with Crippen LogP contribution in [0.3, 0.4) is 0 Å². The monoisotopic (exact) mass is 261 g/mol. The maximum absolute atomic E-state index is 10.9. The van der Waals surface area contributed by atoms with Gasteiger partial charge in [-0.2, -0.15) is 5.10 Å². The van der Waals surface area contributed by atoms with Crippen molar-refractivity contribution in [3.8, 4) is 0 Å². The maximum atomic E-state index is 10.9. The number of nitrogen functional groups attached to an aromatic ring is 1. The summed E-state index contributed by atoms with van der Waals surface area (Å²) in [6.07, 6.45) is 5.87. The van der Waals surface area contributed by atoms with Crippen molar-refractivity contribution in [3.05, 3.63) is 36.3 Å². The van der Waals surface area contributed by atoms with Crippen LogP contribution in [0, 0.1) is 0 Å². The summed E-state index contributed by atoms with van der Waals surface area (Å²) in [6, 6.07) is 3.25. The largest absolute Gasteiger partial charge is 0.478 e. The minimum Gasteiger partial charge on any atom is -0.478 e. The average molecular weight is 261 g/mol. The molecule has 0 aliphatic rings. The summed E-state index contributed by atoms with van der Waals surface area (Å²) in [7, 11) is 0. The van der Waals surface area contributed by atoms with Crippen molar-refractivity contribution in [3.63, 3.8) is 0 Å². The molecule has 0 aliphatic carbocycles. The number of carbonyl (C=O) groups is 1. The van der Waals surface area contributed by atoms with Gasteiger partial charge in [-0.05, 0) is 18.6 Å². The molecule has 0 fully saturated rings. The standard InChI is InChI=1S/C12H15N5O2/c13-10-9(12(18)19)3-6-15-11(10)14-4-1-7-17-8-2-5-16-17/h2-3,5-6,8H,1,4,7,13H2,(H,14,15)(H,18,19). The van der Waals surface area contributed by atoms with Crippen LogP contribution < -0.4 is 11.1 Å². The van der Waals surface area contributed by atoms with E-state index in [1.165, 1.54) is 12.3 Å². The van der Waals surface area contributed by atoms with E-state index in [-0.39, 0.29) is 11.3 Å². The molecule has 0 saturated heterocycles. The quantitative estimate of drug-likeness (QED) is 0.671. The number of hydrogen-bond donors (Lipinski definition) is 3. The number of aromatic carboxylic acids is 1. The summed E-state index contributed by atoms with van der Waals surface area (Å²) >= 11 is 0. The Morgan fingerprint density at radius 2 is 2.32 bits per heavy atom. The van der Waals surface area contributed by atoms with E-state index in [9.17, 15) is 4.79 Å². The predicted octanol–water partition coefficient (Wildman–Crippen LogP) is 1.06. The van der Waals surface area contributed by atoms with E-state index in [0.717, 1.165) is 13.0 Å². The van der Waals surface area contributed by atoms with E-state index in [1.807, 2.05) is 16.9 Å². The fourth-order valence-electron chi connectivity index (χ4n) is 1.68. The molecule has 7 heteroatoms. The third kappa shape index (κ3) is 3.21. The first-order valence-corrected chi connectivity index (χ1v) is 5.87. The van der Waals surface area contributed by atoms with E-state index < -0.39 is 5.97 Å². The van der Waals surface area contributed by atoms with Crippen LogP contribution in [0.2, 0.25) is 0 Å². The molecule has 2 aromatic rings. The zero-order valence-corrected chi connectivity index (χ0v) is 10.3. The van der Waals surface area contributed by atoms with Crippen LogP contribution in [0.15, 0.2) is 30.7 Å². The Kier molecular flexibility index (Phi) is 3.97. The van der Waals surface area contributed by atoms with Crippen molar-refractivity contribution >= 4 is 17.5 Å². The van der Waals surface area contributed by atoms with Gasteiger partial charge in [-0.15, -0.1) is 0 Å². The molecule has 0 unspecified atom stereocenters. The zero-order chi connectivity index (χ0) is 13.7. The van der Waals surface area contributed by atoms with Crippen LogP contribution >= 0.6 is 0 Å². The van der Waals surface area contributed by atoms with Gasteiger partial charge in [0.1, 0.15) is 5.82 Å². The summed E-state index contributed by atoms with van der Waals surface area (Å²) < 4.78 is 1.83. The van der Waals surface area contributed by atoms with Crippen LogP contribution in [0.25, 0.3) is 0 Å². The maximum Gasteiger partial charge on any atom is 0.337 e. The second kappa shape index (κ2) is 5.85. The molecule has 0 aromatic carbocycles. The Hall–Kier alpha value is -2.57. The zero-order valence-electron chi connectivity index (χ0n) is 10.3. The molecule has 4 N–H and O–H groups in total. The lowest BCUT2D eigenvalue weighted by Gasteiger charge is -2.09. The van der Waals surface area contributed by atoms with Gasteiger partial charge in [-0.25, -0.2) is 9.78 Å². The molecule has 2 aromatic heterocycles. The number of aryl methyl sites for hydroxylation is 1. The molecule has 7 nitrogen and oxygen atoms in total. The Labute approximate surface area is 110 Å². The smallest absolute Gasteiger partial charge is 0.337 e. The third-order valence-corrected chi connectivity index (χ3v) is 2.64. The number of aromatic nitrogens is 3. The fraction of sp³-hybridized carbons (Fsp3) is 0.250. The molecule has 0 radical (unpaired) electrons. The van der Waals surface area contributed by atoms with Gasteiger partial charge in [0.05, 0.1) is 11.3 Å². The number of nitrogens with two attached hydrogens (primary N) is 1. The molecule has 100 valence electrons. The Morgan fingerprint density at radius 1 is 1.47 bits per heavy atom. The highest BCUT2D eigenvalue weighted by atomic mass is 16.4. The van der Waals surface area contributed by atoms with Gasteiger partial charge in [0, 0.05) is 31.7 Å². The molecule has 0 atom stereocenters. The van der Waals surface area contributed by atoms with Crippen LogP contribution in [0.4, 0.5) is 11.5 Å². The number of pyridine rings is 1. The SMILES string of the molecule is Nc1c(C(=O)O)ccnc1NCCCn1cccn1. The molecule has 19 heavy (non-hydrogen) atoms. The lowest BCUT2D eigenvalue weighted by Crippen LogP contribution is -2.12. The van der Waals surface area contributed by atoms with Crippen molar-refractivity contribution in [2.75, 3.05) is 17.6 Å². The van der Waals surface area contributed by atoms with E-state index in [0.29, 0.717) is 12.4 Å². The molecule has 0 aliphatic heterocycles. The number of anilines is 2. The molecule has 0 bridgehead atoms. The number of carboxylic acid groups (broad SMARTS) is 1. The van der Waals surface area contributed by atoms with Crippen LogP contribution in [0.5, 0.6) is 0 Å². The summed E-state index contributed by atoms with van der Waals surface area (Å²) in [4.78, 5) is 14.9. The number of nitrogens with zero attached hydrogens (tertiary/aromatic N) is 3. The molecule has 0 amide bonds. The fourth-order valence-corrected chi connectivity index (χ4v) is 1.68. The summed E-state index contributed by atoms with van der Waals surface area (Å²) in [6.45, 7) is 1.42. The van der Waals surface area contributed by atoms with Gasteiger partial charge in [0.15, 0.2) is 0 Å². The van der Waals surface area contributed by atoms with Crippen LogP contribution in [0.1, 0.15) is 16.8 Å². The molecule has 2 rings (SSSR count). The highest BCUT2D eigenvalue weighted by molar-refractivity contribution is 5.96. The second-order valence-electron chi connectivity index (χ2n) is 3.98. The minimum absolute atomic E-state index is 0.0598.